The second-order valence-corrected chi connectivity index (χ2v) is 7.72. The number of carboxylic acid groups (broad SMARTS) is 1. The first-order valence-corrected chi connectivity index (χ1v) is 9.99. The Bertz CT molecular complexity index is 1080. The van der Waals surface area contributed by atoms with Gasteiger partial charge in [-0.2, -0.15) is 0 Å². The highest BCUT2D eigenvalue weighted by molar-refractivity contribution is 7.18. The smallest absolute Gasteiger partial charge is 0.326 e. The number of nitrogens with zero attached hydrogens (tertiary/aromatic N) is 4. The van der Waals surface area contributed by atoms with Crippen LogP contribution < -0.4 is 10.2 Å². The molecule has 8 nitrogen and oxygen atoms in total. The first-order valence-electron chi connectivity index (χ1n) is 9.18. The lowest BCUT2D eigenvalue weighted by Gasteiger charge is -2.19. The van der Waals surface area contributed by atoms with Gasteiger partial charge in [-0.1, -0.05) is 17.4 Å². The molecule has 1 fully saturated rings. The number of aliphatic carboxylic acids is 1. The van der Waals surface area contributed by atoms with Crippen molar-refractivity contribution < 1.29 is 14.7 Å². The monoisotopic (exact) mass is 481 g/mol. The molecule has 11 heteroatoms. The van der Waals surface area contributed by atoms with E-state index in [-0.39, 0.29) is 30.6 Å². The Kier molecular flexibility index (Phi) is 8.32. The molecule has 31 heavy (non-hydrogen) atoms. The lowest BCUT2D eigenvalue weighted by atomic mass is 10.2. The highest BCUT2D eigenvalue weighted by atomic mass is 35.5. The molecule has 0 spiro atoms. The van der Waals surface area contributed by atoms with Crippen LogP contribution in [0.25, 0.3) is 10.6 Å². The molecule has 1 unspecified atom stereocenters. The van der Waals surface area contributed by atoms with E-state index in [1.54, 1.807) is 24.5 Å². The lowest BCUT2D eigenvalue weighted by Crippen LogP contribution is -2.35. The average Bonchev–Trinajstić information content (AvgIpc) is 3.38. The van der Waals surface area contributed by atoms with Crippen LogP contribution in [0, 0.1) is 0 Å². The van der Waals surface area contributed by atoms with E-state index in [1.165, 1.54) is 18.3 Å². The highest BCUT2D eigenvalue weighted by Gasteiger charge is 2.32. The topological polar surface area (TPSA) is 108 Å². The zero-order chi connectivity index (χ0) is 20.4. The SMILES string of the molecule is CC(=O)c1ccnc(Nc2cccc(-c3cnc(N4CCCC4C(=O)O)s3)n2)c1.Cl.Cl. The Labute approximate surface area is 195 Å². The van der Waals surface area contributed by atoms with Gasteiger partial charge in [0.15, 0.2) is 10.9 Å². The van der Waals surface area contributed by atoms with Crippen LogP contribution in [0.3, 0.4) is 0 Å². The summed E-state index contributed by atoms with van der Waals surface area (Å²) in [6.45, 7) is 2.20. The fourth-order valence-corrected chi connectivity index (χ4v) is 4.22. The molecular weight excluding hydrogens is 461 g/mol. The summed E-state index contributed by atoms with van der Waals surface area (Å²) >= 11 is 1.43. The number of aromatic nitrogens is 3. The van der Waals surface area contributed by atoms with Crippen molar-refractivity contribution >= 4 is 64.7 Å². The standard InChI is InChI=1S/C20H19N5O3S.2ClH/c1-12(26)13-7-8-21-18(10-13)24-17-6-2-4-14(23-17)16-11-22-20(29-16)25-9-3-5-15(25)19(27)28;;/h2,4,6-8,10-11,15H,3,5,9H2,1H3,(H,27,28)(H,21,23,24);2*1H. The van der Waals surface area contributed by atoms with Crippen molar-refractivity contribution in [3.63, 3.8) is 0 Å². The van der Waals surface area contributed by atoms with E-state index in [9.17, 15) is 14.7 Å². The molecule has 4 heterocycles. The van der Waals surface area contributed by atoms with E-state index in [2.05, 4.69) is 20.3 Å². The Hall–Kier alpha value is -2.75. The maximum Gasteiger partial charge on any atom is 0.326 e. The van der Waals surface area contributed by atoms with Gasteiger partial charge < -0.3 is 15.3 Å². The Balaban J connectivity index is 0.00000171. The molecule has 0 radical (unpaired) electrons. The molecule has 0 aromatic carbocycles. The van der Waals surface area contributed by atoms with E-state index >= 15 is 0 Å². The number of pyridine rings is 2. The number of carbonyl (C=O) groups excluding carboxylic acids is 1. The molecule has 0 aliphatic carbocycles. The van der Waals surface area contributed by atoms with Crippen LogP contribution in [-0.4, -0.2) is 44.4 Å². The fraction of sp³-hybridized carbons (Fsp3) is 0.250. The quantitative estimate of drug-likeness (QED) is 0.497. The minimum atomic E-state index is -0.816. The van der Waals surface area contributed by atoms with Crippen LogP contribution in [0.1, 0.15) is 30.1 Å². The van der Waals surface area contributed by atoms with Gasteiger partial charge in [-0.3, -0.25) is 4.79 Å². The number of thiazole rings is 1. The Morgan fingerprint density at radius 3 is 2.74 bits per heavy atom. The summed E-state index contributed by atoms with van der Waals surface area (Å²) in [5, 5.41) is 13.2. The first-order chi connectivity index (χ1) is 14.0. The van der Waals surface area contributed by atoms with E-state index < -0.39 is 12.0 Å². The summed E-state index contributed by atoms with van der Waals surface area (Å²) in [7, 11) is 0. The van der Waals surface area contributed by atoms with Crippen molar-refractivity contribution in [2.24, 2.45) is 0 Å². The summed E-state index contributed by atoms with van der Waals surface area (Å²) in [4.78, 5) is 38.9. The number of hydrogen-bond donors (Lipinski definition) is 2. The largest absolute Gasteiger partial charge is 0.480 e. The van der Waals surface area contributed by atoms with Crippen molar-refractivity contribution in [1.82, 2.24) is 15.0 Å². The molecule has 3 aromatic rings. The molecule has 0 saturated carbocycles. The van der Waals surface area contributed by atoms with Gasteiger partial charge in [-0.25, -0.2) is 19.7 Å². The maximum absolute atomic E-state index is 11.5. The van der Waals surface area contributed by atoms with E-state index in [1.807, 2.05) is 23.1 Å². The summed E-state index contributed by atoms with van der Waals surface area (Å²) in [6, 6.07) is 8.39. The predicted octanol–water partition coefficient (Wildman–Crippen LogP) is 4.44. The van der Waals surface area contributed by atoms with Gasteiger partial charge in [-0.15, -0.1) is 24.8 Å². The molecule has 1 aliphatic rings. The van der Waals surface area contributed by atoms with Crippen molar-refractivity contribution in [3.05, 3.63) is 48.3 Å². The van der Waals surface area contributed by atoms with Crippen molar-refractivity contribution in [2.75, 3.05) is 16.8 Å². The van der Waals surface area contributed by atoms with Gasteiger partial charge in [0.2, 0.25) is 0 Å². The molecule has 1 aliphatic heterocycles. The maximum atomic E-state index is 11.5. The summed E-state index contributed by atoms with van der Waals surface area (Å²) in [6.07, 6.45) is 4.77. The van der Waals surface area contributed by atoms with Gasteiger partial charge in [0, 0.05) is 24.5 Å². The van der Waals surface area contributed by atoms with Crippen LogP contribution in [-0.2, 0) is 4.79 Å². The van der Waals surface area contributed by atoms with Gasteiger partial charge in [0.1, 0.15) is 17.7 Å². The van der Waals surface area contributed by atoms with Gasteiger partial charge in [0.25, 0.3) is 0 Å². The van der Waals surface area contributed by atoms with Crippen molar-refractivity contribution in [3.8, 4) is 10.6 Å². The van der Waals surface area contributed by atoms with E-state index in [0.717, 1.165) is 17.0 Å². The van der Waals surface area contributed by atoms with E-state index in [4.69, 9.17) is 0 Å². The third-order valence-electron chi connectivity index (χ3n) is 4.70. The third kappa shape index (κ3) is 5.49. The van der Waals surface area contributed by atoms with Crippen LogP contribution in [0.15, 0.2) is 42.7 Å². The van der Waals surface area contributed by atoms with Crippen LogP contribution >= 0.6 is 36.2 Å². The second-order valence-electron chi connectivity index (χ2n) is 6.72. The van der Waals surface area contributed by atoms with Gasteiger partial charge in [0.05, 0.1) is 10.6 Å². The average molecular weight is 482 g/mol. The van der Waals surface area contributed by atoms with Crippen LogP contribution in [0.2, 0.25) is 0 Å². The minimum Gasteiger partial charge on any atom is -0.480 e. The lowest BCUT2D eigenvalue weighted by molar-refractivity contribution is -0.138. The number of rotatable bonds is 6. The Morgan fingerprint density at radius 1 is 1.19 bits per heavy atom. The molecule has 164 valence electrons. The molecule has 3 aromatic heterocycles. The number of carbonyl (C=O) groups is 2. The summed E-state index contributed by atoms with van der Waals surface area (Å²) in [5.74, 6) is 0.281. The minimum absolute atomic E-state index is 0. The van der Waals surface area contributed by atoms with Crippen molar-refractivity contribution in [1.29, 1.82) is 0 Å². The predicted molar refractivity (Wildman–Crippen MR) is 125 cm³/mol. The molecule has 0 bridgehead atoms. The normalized spacial score (nSPS) is 15.0. The molecule has 2 N–H and O–H groups in total. The first kappa shape index (κ1) is 24.5. The Morgan fingerprint density at radius 2 is 2.00 bits per heavy atom. The zero-order valence-corrected chi connectivity index (χ0v) is 19.0. The number of ketones is 1. The third-order valence-corrected chi connectivity index (χ3v) is 5.76. The highest BCUT2D eigenvalue weighted by Crippen LogP contribution is 2.34. The number of nitrogens with one attached hydrogen (secondary N) is 1. The number of carboxylic acids is 1. The summed E-state index contributed by atoms with van der Waals surface area (Å²) < 4.78 is 0. The molecule has 1 saturated heterocycles. The van der Waals surface area contributed by atoms with Crippen LogP contribution in [0.5, 0.6) is 0 Å². The van der Waals surface area contributed by atoms with Crippen LogP contribution in [0.4, 0.5) is 16.8 Å². The fourth-order valence-electron chi connectivity index (χ4n) is 3.26. The van der Waals surface area contributed by atoms with Crippen molar-refractivity contribution in [2.45, 2.75) is 25.8 Å². The van der Waals surface area contributed by atoms with Gasteiger partial charge in [-0.05, 0) is 44.0 Å². The molecule has 0 amide bonds. The molecule has 4 rings (SSSR count). The zero-order valence-electron chi connectivity index (χ0n) is 16.5. The number of Topliss-reactive ketones (excluding diaryl/α,β-unsaturated/α-hetero) is 1. The molecular formula is C20H21Cl2N5O3S. The number of halogens is 2. The van der Waals surface area contributed by atoms with Gasteiger partial charge >= 0.3 is 5.97 Å². The number of hydrogen-bond acceptors (Lipinski definition) is 8. The number of anilines is 3. The van der Waals surface area contributed by atoms with E-state index in [0.29, 0.717) is 35.3 Å². The molecule has 1 atom stereocenters. The summed E-state index contributed by atoms with van der Waals surface area (Å²) in [5.41, 5.74) is 1.30. The second kappa shape index (κ2) is 10.5.